The first-order chi connectivity index (χ1) is 12.9. The Hall–Kier alpha value is -2.47. The Bertz CT molecular complexity index is 806. The van der Waals surface area contributed by atoms with Crippen LogP contribution in [0.1, 0.15) is 38.8 Å². The Balaban J connectivity index is 1.71. The van der Waals surface area contributed by atoms with Crippen LogP contribution in [0.4, 0.5) is 5.69 Å². The third-order valence-electron chi connectivity index (χ3n) is 4.41. The van der Waals surface area contributed by atoms with Crippen molar-refractivity contribution in [2.75, 3.05) is 19.0 Å². The molecular weight excluding hydrogens is 360 g/mol. The number of nitrogens with one attached hydrogen (secondary N) is 2. The van der Waals surface area contributed by atoms with E-state index >= 15 is 0 Å². The van der Waals surface area contributed by atoms with Crippen LogP contribution in [0.15, 0.2) is 42.5 Å². The molecule has 144 valence electrons. The van der Waals surface area contributed by atoms with E-state index in [-0.39, 0.29) is 11.6 Å². The SMILES string of the molecule is CCOc1ccc(NC(=S)N[C@H]2CC(C)(C)Oc3cc(OC)ccc32)cc1. The van der Waals surface area contributed by atoms with Gasteiger partial charge in [-0.15, -0.1) is 0 Å². The fraction of sp³-hybridized carbons (Fsp3) is 0.381. The van der Waals surface area contributed by atoms with Gasteiger partial charge in [-0.3, -0.25) is 0 Å². The third-order valence-corrected chi connectivity index (χ3v) is 4.63. The first kappa shape index (κ1) is 19.3. The van der Waals surface area contributed by atoms with E-state index in [4.69, 9.17) is 26.4 Å². The fourth-order valence-corrected chi connectivity index (χ4v) is 3.47. The zero-order valence-electron chi connectivity index (χ0n) is 16.2. The lowest BCUT2D eigenvalue weighted by molar-refractivity contribution is 0.0693. The molecule has 27 heavy (non-hydrogen) atoms. The van der Waals surface area contributed by atoms with Crippen molar-refractivity contribution < 1.29 is 14.2 Å². The first-order valence-corrected chi connectivity index (χ1v) is 9.48. The van der Waals surface area contributed by atoms with Gasteiger partial charge in [-0.1, -0.05) is 0 Å². The van der Waals surface area contributed by atoms with Crippen LogP contribution in [0.25, 0.3) is 0 Å². The summed E-state index contributed by atoms with van der Waals surface area (Å²) in [6, 6.07) is 13.7. The highest BCUT2D eigenvalue weighted by molar-refractivity contribution is 7.80. The van der Waals surface area contributed by atoms with Gasteiger partial charge in [-0.25, -0.2) is 0 Å². The topological polar surface area (TPSA) is 51.8 Å². The Morgan fingerprint density at radius 1 is 1.19 bits per heavy atom. The first-order valence-electron chi connectivity index (χ1n) is 9.07. The van der Waals surface area contributed by atoms with Gasteiger partial charge in [0.15, 0.2) is 5.11 Å². The second kappa shape index (κ2) is 8.05. The van der Waals surface area contributed by atoms with Gasteiger partial charge in [-0.05, 0) is 69.4 Å². The molecule has 0 aliphatic carbocycles. The summed E-state index contributed by atoms with van der Waals surface area (Å²) in [6.07, 6.45) is 0.803. The molecule has 1 atom stereocenters. The summed E-state index contributed by atoms with van der Waals surface area (Å²) in [5, 5.41) is 7.24. The number of methoxy groups -OCH3 is 1. The molecule has 2 aromatic rings. The normalized spacial score (nSPS) is 17.3. The fourth-order valence-electron chi connectivity index (χ4n) is 3.21. The van der Waals surface area contributed by atoms with Crippen molar-refractivity contribution in [3.63, 3.8) is 0 Å². The maximum atomic E-state index is 6.13. The van der Waals surface area contributed by atoms with Crippen molar-refractivity contribution in [3.05, 3.63) is 48.0 Å². The van der Waals surface area contributed by atoms with Crippen LogP contribution in [0.2, 0.25) is 0 Å². The lowest BCUT2D eigenvalue weighted by atomic mass is 9.89. The molecule has 0 saturated heterocycles. The van der Waals surface area contributed by atoms with Crippen molar-refractivity contribution in [2.24, 2.45) is 0 Å². The number of fused-ring (bicyclic) bond motifs is 1. The summed E-state index contributed by atoms with van der Waals surface area (Å²) in [7, 11) is 1.65. The van der Waals surface area contributed by atoms with E-state index in [0.717, 1.165) is 34.9 Å². The van der Waals surface area contributed by atoms with Gasteiger partial charge in [0, 0.05) is 23.7 Å². The molecule has 1 heterocycles. The van der Waals surface area contributed by atoms with Crippen molar-refractivity contribution in [1.29, 1.82) is 0 Å². The maximum absolute atomic E-state index is 6.13. The average molecular weight is 387 g/mol. The van der Waals surface area contributed by atoms with E-state index < -0.39 is 0 Å². The van der Waals surface area contributed by atoms with Crippen LogP contribution in [0, 0.1) is 0 Å². The third kappa shape index (κ3) is 4.83. The Morgan fingerprint density at radius 3 is 2.56 bits per heavy atom. The summed E-state index contributed by atoms with van der Waals surface area (Å²) in [5.41, 5.74) is 1.69. The highest BCUT2D eigenvalue weighted by Gasteiger charge is 2.34. The summed E-state index contributed by atoms with van der Waals surface area (Å²) in [5.74, 6) is 2.45. The molecule has 0 saturated carbocycles. The molecule has 5 nitrogen and oxygen atoms in total. The summed E-state index contributed by atoms with van der Waals surface area (Å²) in [4.78, 5) is 0. The highest BCUT2D eigenvalue weighted by atomic mass is 32.1. The Morgan fingerprint density at radius 2 is 1.89 bits per heavy atom. The van der Waals surface area contributed by atoms with E-state index in [9.17, 15) is 0 Å². The molecule has 0 radical (unpaired) electrons. The Labute approximate surface area is 166 Å². The standard InChI is InChI=1S/C21H26N2O3S/c1-5-25-15-8-6-14(7-9-15)22-20(27)23-18-13-21(2,3)26-19-12-16(24-4)10-11-17(18)19/h6-12,18H,5,13H2,1-4H3,(H2,22,23,27)/t18-/m0/s1. The van der Waals surface area contributed by atoms with E-state index in [1.807, 2.05) is 49.4 Å². The second-order valence-electron chi connectivity index (χ2n) is 7.08. The Kier molecular flexibility index (Phi) is 5.75. The van der Waals surface area contributed by atoms with Crippen LogP contribution in [0.5, 0.6) is 17.2 Å². The molecule has 2 aromatic carbocycles. The predicted octanol–water partition coefficient (Wildman–Crippen LogP) is 4.68. The molecule has 0 amide bonds. The lowest BCUT2D eigenvalue weighted by Gasteiger charge is -2.38. The van der Waals surface area contributed by atoms with Gasteiger partial charge < -0.3 is 24.8 Å². The molecule has 0 unspecified atom stereocenters. The monoisotopic (exact) mass is 386 g/mol. The smallest absolute Gasteiger partial charge is 0.171 e. The number of hydrogen-bond acceptors (Lipinski definition) is 4. The zero-order chi connectivity index (χ0) is 19.4. The van der Waals surface area contributed by atoms with Crippen LogP contribution in [-0.2, 0) is 0 Å². The van der Waals surface area contributed by atoms with E-state index in [2.05, 4.69) is 24.5 Å². The van der Waals surface area contributed by atoms with Gasteiger partial charge >= 0.3 is 0 Å². The van der Waals surface area contributed by atoms with Gasteiger partial charge in [0.25, 0.3) is 0 Å². The number of rotatable bonds is 5. The van der Waals surface area contributed by atoms with E-state index in [1.54, 1.807) is 7.11 Å². The van der Waals surface area contributed by atoms with Crippen molar-refractivity contribution in [3.8, 4) is 17.2 Å². The van der Waals surface area contributed by atoms with Gasteiger partial charge in [-0.2, -0.15) is 0 Å². The maximum Gasteiger partial charge on any atom is 0.171 e. The van der Waals surface area contributed by atoms with E-state index in [1.165, 1.54) is 0 Å². The second-order valence-corrected chi connectivity index (χ2v) is 7.49. The minimum Gasteiger partial charge on any atom is -0.497 e. The van der Waals surface area contributed by atoms with Crippen molar-refractivity contribution in [1.82, 2.24) is 5.32 Å². The zero-order valence-corrected chi connectivity index (χ0v) is 17.0. The molecule has 2 N–H and O–H groups in total. The van der Waals surface area contributed by atoms with Gasteiger partial charge in [0.05, 0.1) is 19.8 Å². The van der Waals surface area contributed by atoms with Crippen LogP contribution in [-0.4, -0.2) is 24.4 Å². The molecule has 0 aromatic heterocycles. The summed E-state index contributed by atoms with van der Waals surface area (Å²) in [6.45, 7) is 6.77. The molecule has 6 heteroatoms. The van der Waals surface area contributed by atoms with E-state index in [0.29, 0.717) is 11.7 Å². The number of benzene rings is 2. The van der Waals surface area contributed by atoms with Gasteiger partial charge in [0.1, 0.15) is 22.8 Å². The molecule has 3 rings (SSSR count). The number of hydrogen-bond donors (Lipinski definition) is 2. The molecular formula is C21H26N2O3S. The molecule has 1 aliphatic heterocycles. The largest absolute Gasteiger partial charge is 0.497 e. The summed E-state index contributed by atoms with van der Waals surface area (Å²) >= 11 is 5.53. The molecule has 0 bridgehead atoms. The minimum absolute atomic E-state index is 0.0531. The summed E-state index contributed by atoms with van der Waals surface area (Å²) < 4.78 is 16.9. The van der Waals surface area contributed by atoms with Crippen molar-refractivity contribution in [2.45, 2.75) is 38.8 Å². The van der Waals surface area contributed by atoms with Gasteiger partial charge in [0.2, 0.25) is 0 Å². The van der Waals surface area contributed by atoms with Crippen LogP contribution in [0.3, 0.4) is 0 Å². The number of anilines is 1. The highest BCUT2D eigenvalue weighted by Crippen LogP contribution is 2.41. The van der Waals surface area contributed by atoms with Crippen LogP contribution >= 0.6 is 12.2 Å². The minimum atomic E-state index is -0.300. The number of thiocarbonyl (C=S) groups is 1. The van der Waals surface area contributed by atoms with Crippen molar-refractivity contribution >= 4 is 23.0 Å². The van der Waals surface area contributed by atoms with Crippen LogP contribution < -0.4 is 24.8 Å². The quantitative estimate of drug-likeness (QED) is 0.728. The average Bonchev–Trinajstić information content (AvgIpc) is 2.62. The number of ether oxygens (including phenoxy) is 3. The molecule has 0 fully saturated rings. The lowest BCUT2D eigenvalue weighted by Crippen LogP contribution is -2.42. The predicted molar refractivity (Wildman–Crippen MR) is 112 cm³/mol. The molecule has 1 aliphatic rings. The molecule has 0 spiro atoms.